The fourth-order valence-corrected chi connectivity index (χ4v) is 1.84. The molecule has 0 saturated carbocycles. The first-order valence-electron chi connectivity index (χ1n) is 5.71. The van der Waals surface area contributed by atoms with Crippen molar-refractivity contribution in [2.45, 2.75) is 6.92 Å². The number of benzene rings is 1. The van der Waals surface area contributed by atoms with Crippen molar-refractivity contribution < 1.29 is 4.79 Å². The Balaban J connectivity index is 2.28. The maximum Gasteiger partial charge on any atom is 0.259 e. The highest BCUT2D eigenvalue weighted by molar-refractivity contribution is 6.05. The number of nitrogens with zero attached hydrogens (tertiary/aromatic N) is 2. The van der Waals surface area contributed by atoms with Crippen molar-refractivity contribution in [1.82, 2.24) is 4.57 Å². The molecule has 0 aliphatic heterocycles. The third-order valence-corrected chi connectivity index (χ3v) is 2.71. The molecule has 1 amide bonds. The van der Waals surface area contributed by atoms with Gasteiger partial charge in [-0.25, -0.2) is 0 Å². The van der Waals surface area contributed by atoms with Gasteiger partial charge in [0.05, 0.1) is 5.56 Å². The third kappa shape index (κ3) is 2.38. The number of hydrogen-bond acceptors (Lipinski definition) is 1. The van der Waals surface area contributed by atoms with Crippen molar-refractivity contribution in [2.75, 3.05) is 11.4 Å². The molecule has 0 unspecified atom stereocenters. The van der Waals surface area contributed by atoms with Gasteiger partial charge in [0.25, 0.3) is 5.91 Å². The molecule has 0 fully saturated rings. The molecule has 0 radical (unpaired) electrons. The van der Waals surface area contributed by atoms with Gasteiger partial charge >= 0.3 is 0 Å². The van der Waals surface area contributed by atoms with E-state index in [-0.39, 0.29) is 5.91 Å². The maximum atomic E-state index is 12.3. The lowest BCUT2D eigenvalue weighted by Crippen LogP contribution is -2.30. The second-order valence-electron chi connectivity index (χ2n) is 3.95. The Hall–Kier alpha value is -2.03. The van der Waals surface area contributed by atoms with E-state index in [2.05, 4.69) is 0 Å². The Kier molecular flexibility index (Phi) is 3.28. The average molecular weight is 228 g/mol. The van der Waals surface area contributed by atoms with Crippen molar-refractivity contribution >= 4 is 11.6 Å². The van der Waals surface area contributed by atoms with Crippen LogP contribution in [0.1, 0.15) is 17.3 Å². The van der Waals surface area contributed by atoms with Gasteiger partial charge in [-0.15, -0.1) is 0 Å². The van der Waals surface area contributed by atoms with Gasteiger partial charge in [-0.2, -0.15) is 0 Å². The smallest absolute Gasteiger partial charge is 0.259 e. The second-order valence-corrected chi connectivity index (χ2v) is 3.95. The Bertz CT molecular complexity index is 502. The highest BCUT2D eigenvalue weighted by atomic mass is 16.2. The van der Waals surface area contributed by atoms with Gasteiger partial charge in [-0.3, -0.25) is 4.79 Å². The van der Waals surface area contributed by atoms with Crippen LogP contribution < -0.4 is 4.90 Å². The SMILES string of the molecule is CCN(C(=O)c1ccn(C)c1)c1ccccc1. The van der Waals surface area contributed by atoms with E-state index >= 15 is 0 Å². The zero-order chi connectivity index (χ0) is 12.3. The first-order valence-corrected chi connectivity index (χ1v) is 5.71. The predicted molar refractivity (Wildman–Crippen MR) is 69.2 cm³/mol. The van der Waals surface area contributed by atoms with Crippen LogP contribution in [0.4, 0.5) is 5.69 Å². The number of amides is 1. The van der Waals surface area contributed by atoms with E-state index in [4.69, 9.17) is 0 Å². The number of para-hydroxylation sites is 1. The molecular formula is C14H16N2O. The van der Waals surface area contributed by atoms with Crippen LogP contribution in [0.5, 0.6) is 0 Å². The molecule has 1 heterocycles. The largest absolute Gasteiger partial charge is 0.356 e. The Morgan fingerprint density at radius 1 is 1.24 bits per heavy atom. The van der Waals surface area contributed by atoms with Gasteiger partial charge < -0.3 is 9.47 Å². The topological polar surface area (TPSA) is 25.2 Å². The molecule has 0 aliphatic carbocycles. The molecule has 1 aromatic carbocycles. The predicted octanol–water partition coefficient (Wildman–Crippen LogP) is 2.69. The van der Waals surface area contributed by atoms with Crippen LogP contribution >= 0.6 is 0 Å². The molecule has 0 bridgehead atoms. The number of anilines is 1. The molecule has 2 aromatic rings. The minimum absolute atomic E-state index is 0.0410. The fourth-order valence-electron chi connectivity index (χ4n) is 1.84. The van der Waals surface area contributed by atoms with Crippen molar-refractivity contribution in [3.05, 3.63) is 54.4 Å². The summed E-state index contributed by atoms with van der Waals surface area (Å²) in [6, 6.07) is 11.6. The highest BCUT2D eigenvalue weighted by Gasteiger charge is 2.16. The van der Waals surface area contributed by atoms with Gasteiger partial charge in [-0.1, -0.05) is 18.2 Å². The van der Waals surface area contributed by atoms with Gasteiger partial charge in [0, 0.05) is 31.7 Å². The zero-order valence-corrected chi connectivity index (χ0v) is 10.1. The zero-order valence-electron chi connectivity index (χ0n) is 10.1. The van der Waals surface area contributed by atoms with Crippen molar-refractivity contribution in [3.8, 4) is 0 Å². The van der Waals surface area contributed by atoms with Crippen molar-refractivity contribution in [2.24, 2.45) is 7.05 Å². The number of rotatable bonds is 3. The average Bonchev–Trinajstić information content (AvgIpc) is 2.78. The molecule has 2 rings (SSSR count). The summed E-state index contributed by atoms with van der Waals surface area (Å²) >= 11 is 0. The van der Waals surface area contributed by atoms with Crippen LogP contribution in [0, 0.1) is 0 Å². The summed E-state index contributed by atoms with van der Waals surface area (Å²) in [5.41, 5.74) is 1.65. The fraction of sp³-hybridized carbons (Fsp3) is 0.214. The summed E-state index contributed by atoms with van der Waals surface area (Å²) < 4.78 is 1.88. The lowest BCUT2D eigenvalue weighted by Gasteiger charge is -2.20. The number of aryl methyl sites for hydroxylation is 1. The van der Waals surface area contributed by atoms with Crippen LogP contribution in [0.2, 0.25) is 0 Å². The van der Waals surface area contributed by atoms with Gasteiger partial charge in [0.1, 0.15) is 0 Å². The van der Waals surface area contributed by atoms with Crippen LogP contribution in [-0.2, 0) is 7.05 Å². The summed E-state index contributed by atoms with van der Waals surface area (Å²) in [4.78, 5) is 14.1. The molecule has 88 valence electrons. The van der Waals surface area contributed by atoms with Crippen molar-refractivity contribution in [3.63, 3.8) is 0 Å². The lowest BCUT2D eigenvalue weighted by atomic mass is 10.2. The van der Waals surface area contributed by atoms with E-state index < -0.39 is 0 Å². The molecule has 3 nitrogen and oxygen atoms in total. The van der Waals surface area contributed by atoms with Gasteiger partial charge in [0.15, 0.2) is 0 Å². The van der Waals surface area contributed by atoms with Crippen LogP contribution in [0.3, 0.4) is 0 Å². The van der Waals surface area contributed by atoms with E-state index in [0.717, 1.165) is 11.3 Å². The Morgan fingerprint density at radius 2 is 1.94 bits per heavy atom. The van der Waals surface area contributed by atoms with E-state index in [1.165, 1.54) is 0 Å². The number of aromatic nitrogens is 1. The van der Waals surface area contributed by atoms with E-state index in [1.54, 1.807) is 4.90 Å². The first-order chi connectivity index (χ1) is 8.22. The molecule has 3 heteroatoms. The first kappa shape index (κ1) is 11.5. The normalized spacial score (nSPS) is 10.2. The number of carbonyl (C=O) groups is 1. The van der Waals surface area contributed by atoms with Crippen molar-refractivity contribution in [1.29, 1.82) is 0 Å². The minimum atomic E-state index is 0.0410. The Morgan fingerprint density at radius 3 is 2.47 bits per heavy atom. The van der Waals surface area contributed by atoms with Crippen LogP contribution in [0.15, 0.2) is 48.8 Å². The summed E-state index contributed by atoms with van der Waals surface area (Å²) in [5.74, 6) is 0.0410. The molecule has 0 aliphatic rings. The molecule has 0 spiro atoms. The molecule has 0 saturated heterocycles. The molecule has 17 heavy (non-hydrogen) atoms. The standard InChI is InChI=1S/C14H16N2O/c1-3-16(13-7-5-4-6-8-13)14(17)12-9-10-15(2)11-12/h4-11H,3H2,1-2H3. The summed E-state index contributed by atoms with van der Waals surface area (Å²) in [6.07, 6.45) is 3.72. The summed E-state index contributed by atoms with van der Waals surface area (Å²) in [7, 11) is 1.91. The summed E-state index contributed by atoms with van der Waals surface area (Å²) in [5, 5.41) is 0. The monoisotopic (exact) mass is 228 g/mol. The minimum Gasteiger partial charge on any atom is -0.356 e. The van der Waals surface area contributed by atoms with Crippen LogP contribution in [-0.4, -0.2) is 17.0 Å². The molecule has 0 N–H and O–H groups in total. The molecular weight excluding hydrogens is 212 g/mol. The van der Waals surface area contributed by atoms with E-state index in [1.807, 2.05) is 67.3 Å². The summed E-state index contributed by atoms with van der Waals surface area (Å²) in [6.45, 7) is 2.64. The molecule has 1 aromatic heterocycles. The van der Waals surface area contributed by atoms with E-state index in [9.17, 15) is 4.79 Å². The lowest BCUT2D eigenvalue weighted by molar-refractivity contribution is 0.0988. The highest BCUT2D eigenvalue weighted by Crippen LogP contribution is 2.16. The number of hydrogen-bond donors (Lipinski definition) is 0. The van der Waals surface area contributed by atoms with E-state index in [0.29, 0.717) is 6.54 Å². The van der Waals surface area contributed by atoms with Crippen LogP contribution in [0.25, 0.3) is 0 Å². The van der Waals surface area contributed by atoms with Gasteiger partial charge in [0.2, 0.25) is 0 Å². The molecule has 0 atom stereocenters. The quantitative estimate of drug-likeness (QED) is 0.793. The van der Waals surface area contributed by atoms with Gasteiger partial charge in [-0.05, 0) is 25.1 Å². The maximum absolute atomic E-state index is 12.3. The third-order valence-electron chi connectivity index (χ3n) is 2.71. The Labute approximate surface area is 101 Å². The second kappa shape index (κ2) is 4.87. The number of carbonyl (C=O) groups excluding carboxylic acids is 1.